The molecule has 1 N–H and O–H groups in total. The Morgan fingerprint density at radius 1 is 1.48 bits per heavy atom. The molecular weight excluding hydrogens is 324 g/mol. The van der Waals surface area contributed by atoms with Gasteiger partial charge in [-0.05, 0) is 19.1 Å². The number of likely N-dealkylation sites (tertiary alicyclic amines) is 1. The zero-order valence-electron chi connectivity index (χ0n) is 13.5. The summed E-state index contributed by atoms with van der Waals surface area (Å²) in [6, 6.07) is 5.29. The third-order valence-electron chi connectivity index (χ3n) is 4.31. The summed E-state index contributed by atoms with van der Waals surface area (Å²) < 4.78 is 10.7. The molecule has 0 radical (unpaired) electrons. The lowest BCUT2D eigenvalue weighted by Gasteiger charge is -2.42. The Morgan fingerprint density at radius 3 is 3.08 bits per heavy atom. The van der Waals surface area contributed by atoms with Crippen molar-refractivity contribution in [1.82, 2.24) is 20.0 Å². The van der Waals surface area contributed by atoms with Gasteiger partial charge in [0.2, 0.25) is 5.89 Å². The van der Waals surface area contributed by atoms with Crippen LogP contribution in [0.15, 0.2) is 45.8 Å². The monoisotopic (exact) mass is 340 g/mol. The predicted molar refractivity (Wildman–Crippen MR) is 85.5 cm³/mol. The molecule has 0 aliphatic carbocycles. The summed E-state index contributed by atoms with van der Waals surface area (Å²) in [5.74, 6) is 0.694. The van der Waals surface area contributed by atoms with Gasteiger partial charge >= 0.3 is 0 Å². The van der Waals surface area contributed by atoms with Crippen molar-refractivity contribution in [3.05, 3.63) is 54.2 Å². The zero-order valence-corrected chi connectivity index (χ0v) is 13.5. The fourth-order valence-corrected chi connectivity index (χ4v) is 2.69. The van der Waals surface area contributed by atoms with E-state index in [0.717, 1.165) is 5.56 Å². The van der Waals surface area contributed by atoms with Crippen molar-refractivity contribution >= 4 is 5.91 Å². The summed E-state index contributed by atoms with van der Waals surface area (Å²) in [4.78, 5) is 22.1. The molecule has 2 atom stereocenters. The van der Waals surface area contributed by atoms with Gasteiger partial charge in [-0.3, -0.25) is 9.78 Å². The van der Waals surface area contributed by atoms with Crippen LogP contribution in [0.4, 0.5) is 0 Å². The Morgan fingerprint density at radius 2 is 2.36 bits per heavy atom. The summed E-state index contributed by atoms with van der Waals surface area (Å²) in [5.41, 5.74) is 1.75. The van der Waals surface area contributed by atoms with E-state index in [1.807, 2.05) is 12.1 Å². The molecule has 1 saturated heterocycles. The van der Waals surface area contributed by atoms with Crippen LogP contribution in [0.25, 0.3) is 11.3 Å². The number of rotatable bonds is 4. The van der Waals surface area contributed by atoms with Crippen LogP contribution in [0.3, 0.4) is 0 Å². The molecule has 0 saturated carbocycles. The molecule has 3 aromatic rings. The molecule has 25 heavy (non-hydrogen) atoms. The van der Waals surface area contributed by atoms with Crippen LogP contribution in [0.1, 0.15) is 29.1 Å². The maximum absolute atomic E-state index is 12.3. The van der Waals surface area contributed by atoms with E-state index >= 15 is 0 Å². The third-order valence-corrected chi connectivity index (χ3v) is 4.31. The van der Waals surface area contributed by atoms with Crippen LogP contribution in [0.2, 0.25) is 0 Å². The number of aromatic nitrogens is 3. The average molecular weight is 340 g/mol. The highest BCUT2D eigenvalue weighted by atomic mass is 16.5. The molecule has 3 aromatic heterocycles. The Kier molecular flexibility index (Phi) is 3.81. The van der Waals surface area contributed by atoms with E-state index < -0.39 is 6.10 Å². The van der Waals surface area contributed by atoms with Gasteiger partial charge in [0, 0.05) is 30.6 Å². The minimum Gasteiger partial charge on any atom is -0.448 e. The molecule has 1 fully saturated rings. The maximum atomic E-state index is 12.3. The number of aliphatic hydroxyl groups is 1. The summed E-state index contributed by atoms with van der Waals surface area (Å²) in [7, 11) is 0. The van der Waals surface area contributed by atoms with Crippen molar-refractivity contribution in [1.29, 1.82) is 0 Å². The van der Waals surface area contributed by atoms with Gasteiger partial charge in [0.05, 0.1) is 18.6 Å². The molecule has 1 aliphatic rings. The number of carbonyl (C=O) groups excluding carboxylic acids is 1. The molecule has 0 bridgehead atoms. The predicted octanol–water partition coefficient (Wildman–Crippen LogP) is 1.52. The number of amides is 1. The zero-order chi connectivity index (χ0) is 17.4. The summed E-state index contributed by atoms with van der Waals surface area (Å²) in [6.07, 6.45) is 4.53. The quantitative estimate of drug-likeness (QED) is 0.767. The van der Waals surface area contributed by atoms with Gasteiger partial charge in [-0.15, -0.1) is 0 Å². The average Bonchev–Trinajstić information content (AvgIpc) is 3.29. The van der Waals surface area contributed by atoms with Crippen LogP contribution in [-0.2, 0) is 6.42 Å². The Balaban J connectivity index is 1.45. The molecule has 8 nitrogen and oxygen atoms in total. The van der Waals surface area contributed by atoms with Gasteiger partial charge in [0.25, 0.3) is 5.91 Å². The van der Waals surface area contributed by atoms with Crippen LogP contribution in [-0.4, -0.2) is 49.7 Å². The Labute approximate surface area is 143 Å². The highest BCUT2D eigenvalue weighted by Gasteiger charge is 2.38. The van der Waals surface area contributed by atoms with Crippen LogP contribution in [0, 0.1) is 0 Å². The van der Waals surface area contributed by atoms with E-state index in [4.69, 9.17) is 8.94 Å². The SMILES string of the molecule is C[C@H]1[C@@H](O)CN1C(=O)c1coc(Cc2cc(-c3cccnc3)no2)n1. The third kappa shape index (κ3) is 2.91. The van der Waals surface area contributed by atoms with Crippen LogP contribution < -0.4 is 0 Å². The normalized spacial score (nSPS) is 19.7. The molecule has 1 aliphatic heterocycles. The topological polar surface area (TPSA) is 105 Å². The Hall–Kier alpha value is -3.00. The van der Waals surface area contributed by atoms with Crippen LogP contribution >= 0.6 is 0 Å². The number of hydrogen-bond acceptors (Lipinski definition) is 7. The maximum Gasteiger partial charge on any atom is 0.276 e. The van der Waals surface area contributed by atoms with Gasteiger partial charge < -0.3 is 18.9 Å². The van der Waals surface area contributed by atoms with Crippen molar-refractivity contribution in [2.45, 2.75) is 25.5 Å². The lowest BCUT2D eigenvalue weighted by atomic mass is 10.0. The van der Waals surface area contributed by atoms with E-state index in [2.05, 4.69) is 15.1 Å². The minimum absolute atomic E-state index is 0.205. The number of aliphatic hydroxyl groups excluding tert-OH is 1. The number of nitrogens with zero attached hydrogens (tertiary/aromatic N) is 4. The smallest absolute Gasteiger partial charge is 0.276 e. The number of hydrogen-bond donors (Lipinski definition) is 1. The first-order chi connectivity index (χ1) is 12.1. The van der Waals surface area contributed by atoms with Crippen molar-refractivity contribution in [2.24, 2.45) is 0 Å². The fourth-order valence-electron chi connectivity index (χ4n) is 2.69. The first-order valence-electron chi connectivity index (χ1n) is 7.91. The molecule has 8 heteroatoms. The van der Waals surface area contributed by atoms with Crippen molar-refractivity contribution in [3.63, 3.8) is 0 Å². The lowest BCUT2D eigenvalue weighted by Crippen LogP contribution is -2.60. The van der Waals surface area contributed by atoms with Gasteiger partial charge in [0.1, 0.15) is 17.7 Å². The minimum atomic E-state index is -0.476. The fraction of sp³-hybridized carbons (Fsp3) is 0.294. The first kappa shape index (κ1) is 15.5. The molecule has 128 valence electrons. The van der Waals surface area contributed by atoms with Crippen molar-refractivity contribution in [3.8, 4) is 11.3 Å². The molecular formula is C17H16N4O4. The second-order valence-electron chi connectivity index (χ2n) is 5.99. The molecule has 4 rings (SSSR count). The van der Waals surface area contributed by atoms with Crippen molar-refractivity contribution in [2.75, 3.05) is 6.54 Å². The van der Waals surface area contributed by atoms with E-state index in [9.17, 15) is 9.90 Å². The highest BCUT2D eigenvalue weighted by Crippen LogP contribution is 2.22. The summed E-state index contributed by atoms with van der Waals surface area (Å²) >= 11 is 0. The first-order valence-corrected chi connectivity index (χ1v) is 7.91. The number of pyridine rings is 1. The lowest BCUT2D eigenvalue weighted by molar-refractivity contribution is -0.0360. The van der Waals surface area contributed by atoms with Gasteiger partial charge in [-0.2, -0.15) is 0 Å². The summed E-state index contributed by atoms with van der Waals surface area (Å²) in [5, 5.41) is 13.5. The highest BCUT2D eigenvalue weighted by molar-refractivity contribution is 5.92. The number of β-amino-alcohol motifs (C(OH)–C–C–N with tert-alkyl or cyclic N) is 1. The largest absolute Gasteiger partial charge is 0.448 e. The molecule has 4 heterocycles. The molecule has 0 aromatic carbocycles. The van der Waals surface area contributed by atoms with Gasteiger partial charge in [-0.25, -0.2) is 4.98 Å². The second-order valence-corrected chi connectivity index (χ2v) is 5.99. The molecule has 0 unspecified atom stereocenters. The number of oxazole rings is 1. The van der Waals surface area contributed by atoms with Crippen molar-refractivity contribution < 1.29 is 18.8 Å². The standard InChI is InChI=1S/C17H16N4O4/c1-10-15(22)8-21(10)17(23)14-9-24-16(19-14)6-12-5-13(20-25-12)11-3-2-4-18-7-11/h2-5,7,9-10,15,22H,6,8H2,1H3/t10-,15-/m0/s1. The van der Waals surface area contributed by atoms with Gasteiger partial charge in [-0.1, -0.05) is 5.16 Å². The molecule has 0 spiro atoms. The second kappa shape index (κ2) is 6.14. The van der Waals surface area contributed by atoms with E-state index in [1.165, 1.54) is 6.26 Å². The Bertz CT molecular complexity index is 889. The molecule has 1 amide bonds. The summed E-state index contributed by atoms with van der Waals surface area (Å²) in [6.45, 7) is 2.11. The van der Waals surface area contributed by atoms with Gasteiger partial charge in [0.15, 0.2) is 5.69 Å². The van der Waals surface area contributed by atoms with E-state index in [-0.39, 0.29) is 17.6 Å². The van der Waals surface area contributed by atoms with E-state index in [0.29, 0.717) is 30.3 Å². The van der Waals surface area contributed by atoms with Crippen LogP contribution in [0.5, 0.6) is 0 Å². The number of carbonyl (C=O) groups is 1. The van der Waals surface area contributed by atoms with E-state index in [1.54, 1.807) is 30.3 Å².